The highest BCUT2D eigenvalue weighted by atomic mass is 16.5. The van der Waals surface area contributed by atoms with Gasteiger partial charge >= 0.3 is 0 Å². The van der Waals surface area contributed by atoms with Crippen molar-refractivity contribution in [2.24, 2.45) is 9.98 Å². The second-order valence-corrected chi connectivity index (χ2v) is 7.12. The minimum absolute atomic E-state index is 0.0662. The molecule has 158 valence electrons. The fraction of sp³-hybridized carbons (Fsp3) is 0.429. The van der Waals surface area contributed by atoms with Crippen LogP contribution in [0.3, 0.4) is 0 Å². The van der Waals surface area contributed by atoms with Gasteiger partial charge in [-0.05, 0) is 31.6 Å². The van der Waals surface area contributed by atoms with E-state index in [2.05, 4.69) is 43.9 Å². The highest BCUT2D eigenvalue weighted by molar-refractivity contribution is 5.82. The van der Waals surface area contributed by atoms with Crippen LogP contribution < -0.4 is 15.5 Å². The lowest BCUT2D eigenvalue weighted by Crippen LogP contribution is -2.42. The Labute approximate surface area is 176 Å². The number of hydrogen-bond donors (Lipinski definition) is 2. The Hall–Kier alpha value is -2.88. The van der Waals surface area contributed by atoms with Gasteiger partial charge in [0.2, 0.25) is 0 Å². The van der Waals surface area contributed by atoms with Crippen LogP contribution in [-0.4, -0.2) is 82.1 Å². The van der Waals surface area contributed by atoms with Crippen LogP contribution in [0.25, 0.3) is 11.3 Å². The number of nitrogens with one attached hydrogen (secondary N) is 2. The first kappa shape index (κ1) is 20.4. The lowest BCUT2D eigenvalue weighted by molar-refractivity contribution is 0.0372. The normalized spacial score (nSPS) is 19.3. The van der Waals surface area contributed by atoms with Crippen molar-refractivity contribution in [3.05, 3.63) is 24.4 Å². The molecule has 4 heterocycles. The molecule has 9 nitrogen and oxygen atoms in total. The molecule has 2 aliphatic heterocycles. The first-order chi connectivity index (χ1) is 14.8. The maximum absolute atomic E-state index is 5.76. The molecule has 0 saturated carbocycles. The predicted molar refractivity (Wildman–Crippen MR) is 120 cm³/mol. The van der Waals surface area contributed by atoms with Crippen molar-refractivity contribution in [3.63, 3.8) is 0 Å². The summed E-state index contributed by atoms with van der Waals surface area (Å²) in [7, 11) is 0. The molecule has 30 heavy (non-hydrogen) atoms. The molecular weight excluding hydrogens is 382 g/mol. The topological polar surface area (TPSA) is 96.3 Å². The van der Waals surface area contributed by atoms with Gasteiger partial charge in [0, 0.05) is 44.5 Å². The summed E-state index contributed by atoms with van der Waals surface area (Å²) in [6, 6.07) is 5.88. The monoisotopic (exact) mass is 409 g/mol. The fourth-order valence-corrected chi connectivity index (χ4v) is 3.55. The second kappa shape index (κ2) is 9.75. The van der Waals surface area contributed by atoms with Crippen LogP contribution in [0.5, 0.6) is 0 Å². The van der Waals surface area contributed by atoms with E-state index in [0.29, 0.717) is 30.3 Å². The van der Waals surface area contributed by atoms with Crippen molar-refractivity contribution < 1.29 is 9.47 Å². The molecule has 9 heteroatoms. The average molecular weight is 409 g/mol. The molecule has 2 aromatic rings. The molecule has 2 aromatic heterocycles. The zero-order chi connectivity index (χ0) is 20.8. The van der Waals surface area contributed by atoms with Crippen molar-refractivity contribution in [2.75, 3.05) is 62.8 Å². The molecule has 0 amide bonds. The van der Waals surface area contributed by atoms with E-state index >= 15 is 0 Å². The number of anilines is 2. The van der Waals surface area contributed by atoms with Crippen molar-refractivity contribution >= 4 is 36.4 Å². The number of aromatic nitrogens is 2. The Bertz CT molecular complexity index is 876. The summed E-state index contributed by atoms with van der Waals surface area (Å²) in [5.41, 5.74) is 2.84. The number of ether oxygens (including phenoxy) is 2. The SMILES string of the molecule is C=Nc1cc(-c2ccc(N3CCOCC3)nc2)nc(NCC2CNCCO2)c1N=C. The van der Waals surface area contributed by atoms with Gasteiger partial charge in [-0.1, -0.05) is 0 Å². The van der Waals surface area contributed by atoms with Gasteiger partial charge in [-0.3, -0.25) is 9.98 Å². The van der Waals surface area contributed by atoms with E-state index in [4.69, 9.17) is 14.5 Å². The number of aliphatic imine (C=N–C) groups is 2. The molecule has 2 aliphatic rings. The summed E-state index contributed by atoms with van der Waals surface area (Å²) in [5, 5.41) is 6.66. The molecule has 1 atom stereocenters. The predicted octanol–water partition coefficient (Wildman–Crippen LogP) is 2.04. The summed E-state index contributed by atoms with van der Waals surface area (Å²) in [4.78, 5) is 19.8. The third kappa shape index (κ3) is 4.64. The van der Waals surface area contributed by atoms with Crippen molar-refractivity contribution in [3.8, 4) is 11.3 Å². The van der Waals surface area contributed by atoms with Gasteiger partial charge in [0.25, 0.3) is 0 Å². The number of morpholine rings is 2. The molecule has 0 radical (unpaired) electrons. The van der Waals surface area contributed by atoms with Crippen LogP contribution in [0.4, 0.5) is 23.0 Å². The standard InChI is InChI=1S/C21H27N7O2/c1-22-18-11-17(15-3-4-19(25-12-15)28-6-9-29-10-7-28)27-21(20(18)23-2)26-14-16-13-24-5-8-30-16/h3-4,11-12,16,24H,1-2,5-10,13-14H2,(H,26,27). The van der Waals surface area contributed by atoms with E-state index < -0.39 is 0 Å². The number of pyridine rings is 2. The quantitative estimate of drug-likeness (QED) is 0.676. The third-order valence-corrected chi connectivity index (χ3v) is 5.18. The van der Waals surface area contributed by atoms with Gasteiger partial charge < -0.3 is 25.0 Å². The van der Waals surface area contributed by atoms with Crippen molar-refractivity contribution in [1.29, 1.82) is 0 Å². The Kier molecular flexibility index (Phi) is 6.63. The molecule has 1 unspecified atom stereocenters. The molecule has 2 saturated heterocycles. The van der Waals surface area contributed by atoms with E-state index in [1.54, 1.807) is 0 Å². The Morgan fingerprint density at radius 1 is 1.20 bits per heavy atom. The van der Waals surface area contributed by atoms with Crippen LogP contribution in [0.2, 0.25) is 0 Å². The molecule has 0 bridgehead atoms. The molecule has 4 rings (SSSR count). The van der Waals surface area contributed by atoms with Crippen LogP contribution >= 0.6 is 0 Å². The average Bonchev–Trinajstić information content (AvgIpc) is 2.83. The molecular formula is C21H27N7O2. The number of nitrogens with zero attached hydrogens (tertiary/aromatic N) is 5. The van der Waals surface area contributed by atoms with Gasteiger partial charge in [0.15, 0.2) is 5.82 Å². The van der Waals surface area contributed by atoms with Gasteiger partial charge in [-0.15, -0.1) is 0 Å². The minimum Gasteiger partial charge on any atom is -0.378 e. The first-order valence-electron chi connectivity index (χ1n) is 10.1. The zero-order valence-electron chi connectivity index (χ0n) is 17.0. The Morgan fingerprint density at radius 3 is 2.73 bits per heavy atom. The molecule has 0 spiro atoms. The summed E-state index contributed by atoms with van der Waals surface area (Å²) >= 11 is 0. The lowest BCUT2D eigenvalue weighted by atomic mass is 10.1. The summed E-state index contributed by atoms with van der Waals surface area (Å²) in [5.74, 6) is 1.55. The summed E-state index contributed by atoms with van der Waals surface area (Å²) in [6.45, 7) is 13.5. The Morgan fingerprint density at radius 2 is 2.07 bits per heavy atom. The van der Waals surface area contributed by atoms with Gasteiger partial charge in [-0.25, -0.2) is 9.97 Å². The summed E-state index contributed by atoms with van der Waals surface area (Å²) in [6.07, 6.45) is 1.90. The highest BCUT2D eigenvalue weighted by Crippen LogP contribution is 2.37. The highest BCUT2D eigenvalue weighted by Gasteiger charge is 2.17. The van der Waals surface area contributed by atoms with Gasteiger partial charge in [0.05, 0.1) is 37.3 Å². The molecule has 2 fully saturated rings. The first-order valence-corrected chi connectivity index (χ1v) is 10.1. The largest absolute Gasteiger partial charge is 0.378 e. The van der Waals surface area contributed by atoms with Crippen LogP contribution in [0.15, 0.2) is 34.4 Å². The van der Waals surface area contributed by atoms with E-state index in [0.717, 1.165) is 56.5 Å². The number of hydrogen-bond acceptors (Lipinski definition) is 9. The van der Waals surface area contributed by atoms with E-state index in [-0.39, 0.29) is 6.10 Å². The van der Waals surface area contributed by atoms with Gasteiger partial charge in [0.1, 0.15) is 11.5 Å². The second-order valence-electron chi connectivity index (χ2n) is 7.12. The lowest BCUT2D eigenvalue weighted by Gasteiger charge is -2.27. The fourth-order valence-electron chi connectivity index (χ4n) is 3.55. The third-order valence-electron chi connectivity index (χ3n) is 5.18. The molecule has 0 aromatic carbocycles. The van der Waals surface area contributed by atoms with E-state index in [9.17, 15) is 0 Å². The maximum Gasteiger partial charge on any atom is 0.154 e. The molecule has 0 aliphatic carbocycles. The zero-order valence-corrected chi connectivity index (χ0v) is 17.0. The van der Waals surface area contributed by atoms with Crippen molar-refractivity contribution in [2.45, 2.75) is 6.10 Å². The van der Waals surface area contributed by atoms with Crippen LogP contribution in [0.1, 0.15) is 0 Å². The number of rotatable bonds is 7. The minimum atomic E-state index is 0.0662. The summed E-state index contributed by atoms with van der Waals surface area (Å²) < 4.78 is 11.2. The Balaban J connectivity index is 1.57. The van der Waals surface area contributed by atoms with E-state index in [1.807, 2.05) is 24.4 Å². The van der Waals surface area contributed by atoms with Crippen molar-refractivity contribution in [1.82, 2.24) is 15.3 Å². The van der Waals surface area contributed by atoms with Crippen LogP contribution in [0, 0.1) is 0 Å². The smallest absolute Gasteiger partial charge is 0.154 e. The van der Waals surface area contributed by atoms with Gasteiger partial charge in [-0.2, -0.15) is 0 Å². The molecule has 2 N–H and O–H groups in total. The maximum atomic E-state index is 5.76. The van der Waals surface area contributed by atoms with E-state index in [1.165, 1.54) is 0 Å². The van der Waals surface area contributed by atoms with Crippen LogP contribution in [-0.2, 0) is 9.47 Å².